The molecule has 228 valence electrons. The van der Waals surface area contributed by atoms with Crippen LogP contribution < -0.4 is 19.9 Å². The molecule has 3 N–H and O–H groups in total. The van der Waals surface area contributed by atoms with Gasteiger partial charge >= 0.3 is 0 Å². The van der Waals surface area contributed by atoms with Crippen molar-refractivity contribution in [2.24, 2.45) is 5.73 Å². The van der Waals surface area contributed by atoms with E-state index in [1.54, 1.807) is 24.3 Å². The van der Waals surface area contributed by atoms with E-state index >= 15 is 0 Å². The molecule has 0 aliphatic carbocycles. The molecule has 3 aromatic carbocycles. The Kier molecular flexibility index (Phi) is 8.55. The number of aromatic hydroxyl groups is 1. The standard InChI is InChI=1S/C34H41N3O6/c1-5-36-17-15-33(32(35)40,24-9-7-6-8-10-24)21-29(36)34(25-11-13-26(38)14-12-25)16-18-37(22-34)31(39)23-19-27(41-2)30(43-4)28(20-23)42-3/h6-14,19-20,29,38H,5,15-18,21-22H2,1-4H3,(H2,35,40). The van der Waals surface area contributed by atoms with Crippen LogP contribution in [0.5, 0.6) is 23.0 Å². The Balaban J connectivity index is 1.58. The monoisotopic (exact) mass is 587 g/mol. The van der Waals surface area contributed by atoms with Crippen LogP contribution in [0.2, 0.25) is 0 Å². The van der Waals surface area contributed by atoms with Gasteiger partial charge in [0, 0.05) is 30.1 Å². The van der Waals surface area contributed by atoms with Crippen molar-refractivity contribution in [3.63, 3.8) is 0 Å². The Morgan fingerprint density at radius 1 is 0.907 bits per heavy atom. The van der Waals surface area contributed by atoms with Crippen molar-refractivity contribution in [1.29, 1.82) is 0 Å². The van der Waals surface area contributed by atoms with E-state index in [1.807, 2.05) is 47.4 Å². The van der Waals surface area contributed by atoms with Gasteiger partial charge in [-0.15, -0.1) is 0 Å². The average molecular weight is 588 g/mol. The summed E-state index contributed by atoms with van der Waals surface area (Å²) in [6.07, 6.45) is 1.82. The fourth-order valence-electron chi connectivity index (χ4n) is 7.25. The summed E-state index contributed by atoms with van der Waals surface area (Å²) in [5, 5.41) is 10.2. The van der Waals surface area contributed by atoms with E-state index in [2.05, 4.69) is 11.8 Å². The molecular weight excluding hydrogens is 546 g/mol. The summed E-state index contributed by atoms with van der Waals surface area (Å²) in [5.41, 5.74) is 7.24. The largest absolute Gasteiger partial charge is 0.508 e. The van der Waals surface area contributed by atoms with Crippen molar-refractivity contribution in [3.05, 3.63) is 83.4 Å². The van der Waals surface area contributed by atoms with E-state index in [4.69, 9.17) is 19.9 Å². The van der Waals surface area contributed by atoms with Crippen molar-refractivity contribution in [2.75, 3.05) is 47.5 Å². The third-order valence-corrected chi connectivity index (χ3v) is 9.59. The first-order valence-corrected chi connectivity index (χ1v) is 14.7. The summed E-state index contributed by atoms with van der Waals surface area (Å²) < 4.78 is 16.5. The van der Waals surface area contributed by atoms with Gasteiger partial charge < -0.3 is 30.0 Å². The van der Waals surface area contributed by atoms with Crippen LogP contribution in [0.3, 0.4) is 0 Å². The number of phenolic OH excluding ortho intramolecular Hbond substituents is 1. The van der Waals surface area contributed by atoms with Gasteiger partial charge in [0.25, 0.3) is 5.91 Å². The molecule has 9 heteroatoms. The van der Waals surface area contributed by atoms with Gasteiger partial charge in [0.15, 0.2) is 11.5 Å². The van der Waals surface area contributed by atoms with Gasteiger partial charge in [0.05, 0.1) is 26.7 Å². The van der Waals surface area contributed by atoms with Crippen LogP contribution >= 0.6 is 0 Å². The fraction of sp³-hybridized carbons (Fsp3) is 0.412. The van der Waals surface area contributed by atoms with Gasteiger partial charge in [-0.3, -0.25) is 14.5 Å². The molecule has 3 atom stereocenters. The fourth-order valence-corrected chi connectivity index (χ4v) is 7.25. The lowest BCUT2D eigenvalue weighted by molar-refractivity contribution is -0.127. The van der Waals surface area contributed by atoms with E-state index in [-0.39, 0.29) is 23.6 Å². The Morgan fingerprint density at radius 3 is 2.12 bits per heavy atom. The van der Waals surface area contributed by atoms with Crippen molar-refractivity contribution in [2.45, 2.75) is 43.1 Å². The minimum absolute atomic E-state index is 0.0961. The van der Waals surface area contributed by atoms with Gasteiger partial charge in [-0.2, -0.15) is 0 Å². The molecule has 0 aromatic heterocycles. The van der Waals surface area contributed by atoms with Gasteiger partial charge in [-0.25, -0.2) is 0 Å². The second kappa shape index (κ2) is 12.2. The zero-order chi connectivity index (χ0) is 30.8. The first kappa shape index (κ1) is 30.2. The predicted octanol–water partition coefficient (Wildman–Crippen LogP) is 4.11. The topological polar surface area (TPSA) is 115 Å². The number of nitrogens with zero attached hydrogens (tertiary/aromatic N) is 2. The number of primary amides is 1. The number of phenols is 1. The minimum Gasteiger partial charge on any atom is -0.508 e. The first-order valence-electron chi connectivity index (χ1n) is 14.7. The van der Waals surface area contributed by atoms with Gasteiger partial charge in [-0.05, 0) is 67.7 Å². The molecule has 5 rings (SSSR count). The Hall–Kier alpha value is -4.24. The number of nitrogens with two attached hydrogens (primary N) is 1. The number of hydrogen-bond acceptors (Lipinski definition) is 7. The smallest absolute Gasteiger partial charge is 0.254 e. The average Bonchev–Trinajstić information content (AvgIpc) is 3.50. The van der Waals surface area contributed by atoms with Crippen LogP contribution in [0.25, 0.3) is 0 Å². The SMILES string of the molecule is CCN1CCC(C(N)=O)(c2ccccc2)CC1C1(c2ccc(O)cc2)CCN(C(=O)c2cc(OC)c(OC)c(OC)c2)C1. The molecule has 0 saturated carbocycles. The number of hydrogen-bond donors (Lipinski definition) is 2. The third-order valence-electron chi connectivity index (χ3n) is 9.59. The second-order valence-electron chi connectivity index (χ2n) is 11.5. The number of carbonyl (C=O) groups is 2. The number of carbonyl (C=O) groups excluding carboxylic acids is 2. The van der Waals surface area contributed by atoms with Crippen LogP contribution in [-0.2, 0) is 15.6 Å². The highest BCUT2D eigenvalue weighted by atomic mass is 16.5. The number of methoxy groups -OCH3 is 3. The molecule has 2 saturated heterocycles. The molecule has 2 heterocycles. The highest BCUT2D eigenvalue weighted by Crippen LogP contribution is 2.49. The van der Waals surface area contributed by atoms with Crippen molar-refractivity contribution >= 4 is 11.8 Å². The first-order chi connectivity index (χ1) is 20.7. The number of rotatable bonds is 9. The molecule has 9 nitrogen and oxygen atoms in total. The van der Waals surface area contributed by atoms with E-state index in [9.17, 15) is 14.7 Å². The molecule has 0 bridgehead atoms. The molecule has 43 heavy (non-hydrogen) atoms. The molecule has 2 amide bonds. The van der Waals surface area contributed by atoms with E-state index in [0.29, 0.717) is 61.7 Å². The maximum absolute atomic E-state index is 14.1. The molecule has 0 spiro atoms. The Morgan fingerprint density at radius 2 is 1.56 bits per heavy atom. The zero-order valence-electron chi connectivity index (χ0n) is 25.3. The van der Waals surface area contributed by atoms with E-state index in [1.165, 1.54) is 21.3 Å². The van der Waals surface area contributed by atoms with E-state index in [0.717, 1.165) is 17.7 Å². The highest BCUT2D eigenvalue weighted by molar-refractivity contribution is 5.96. The lowest BCUT2D eigenvalue weighted by Gasteiger charge is -2.52. The molecule has 3 unspecified atom stereocenters. The quantitative estimate of drug-likeness (QED) is 0.387. The lowest BCUT2D eigenvalue weighted by atomic mass is 9.61. The summed E-state index contributed by atoms with van der Waals surface area (Å²) in [6.45, 7) is 4.55. The highest BCUT2D eigenvalue weighted by Gasteiger charge is 2.55. The number of piperidine rings is 1. The van der Waals surface area contributed by atoms with Crippen molar-refractivity contribution < 1.29 is 28.9 Å². The summed E-state index contributed by atoms with van der Waals surface area (Å²) in [7, 11) is 4.58. The van der Waals surface area contributed by atoms with Crippen LogP contribution in [-0.4, -0.2) is 80.3 Å². The van der Waals surface area contributed by atoms with Gasteiger partial charge in [0.2, 0.25) is 11.7 Å². The van der Waals surface area contributed by atoms with Crippen LogP contribution in [0.4, 0.5) is 0 Å². The predicted molar refractivity (Wildman–Crippen MR) is 164 cm³/mol. The zero-order valence-corrected chi connectivity index (χ0v) is 25.3. The second-order valence-corrected chi connectivity index (χ2v) is 11.5. The molecule has 0 radical (unpaired) electrons. The normalized spacial score (nSPS) is 24.0. The van der Waals surface area contributed by atoms with Crippen LogP contribution in [0.1, 0.15) is 47.7 Å². The lowest BCUT2D eigenvalue weighted by Crippen LogP contribution is -2.61. The van der Waals surface area contributed by atoms with Gasteiger partial charge in [0.1, 0.15) is 5.75 Å². The summed E-state index contributed by atoms with van der Waals surface area (Å²) in [4.78, 5) is 31.7. The minimum atomic E-state index is -0.838. The number of benzene rings is 3. The summed E-state index contributed by atoms with van der Waals surface area (Å²) in [6, 6.07) is 20.4. The number of likely N-dealkylation sites (tertiary alicyclic amines) is 2. The number of amides is 2. The van der Waals surface area contributed by atoms with Gasteiger partial charge in [-0.1, -0.05) is 49.4 Å². The molecule has 2 fully saturated rings. The maximum atomic E-state index is 14.1. The Labute approximate surface area is 253 Å². The third kappa shape index (κ3) is 5.27. The Bertz CT molecular complexity index is 1440. The molecular formula is C34H41N3O6. The molecule has 2 aliphatic rings. The molecule has 2 aliphatic heterocycles. The molecule has 3 aromatic rings. The number of likely N-dealkylation sites (N-methyl/N-ethyl adjacent to an activating group) is 1. The van der Waals surface area contributed by atoms with Crippen LogP contribution in [0, 0.1) is 0 Å². The number of ether oxygens (including phenoxy) is 3. The van der Waals surface area contributed by atoms with E-state index < -0.39 is 10.8 Å². The maximum Gasteiger partial charge on any atom is 0.254 e. The van der Waals surface area contributed by atoms with Crippen LogP contribution in [0.15, 0.2) is 66.7 Å². The van der Waals surface area contributed by atoms with Crippen molar-refractivity contribution in [3.8, 4) is 23.0 Å². The van der Waals surface area contributed by atoms with Crippen molar-refractivity contribution in [1.82, 2.24) is 9.80 Å². The summed E-state index contributed by atoms with van der Waals surface area (Å²) >= 11 is 0. The summed E-state index contributed by atoms with van der Waals surface area (Å²) in [5.74, 6) is 0.937.